The molecule has 0 spiro atoms. The van der Waals surface area contributed by atoms with E-state index in [4.69, 9.17) is 0 Å². The van der Waals surface area contributed by atoms with Gasteiger partial charge in [-0.1, -0.05) is 6.07 Å². The van der Waals surface area contributed by atoms with Crippen LogP contribution in [-0.4, -0.2) is 27.6 Å². The maximum Gasteiger partial charge on any atom is 0.270 e. The summed E-state index contributed by atoms with van der Waals surface area (Å²) in [6.45, 7) is 7.02. The number of nitrogens with zero attached hydrogens (tertiary/aromatic N) is 1. The summed E-state index contributed by atoms with van der Waals surface area (Å²) in [6.07, 6.45) is 0.956. The number of hydrogen-bond acceptors (Lipinski definition) is 3. The standard InChI is InChI=1S/C12H18N2O2/c1-8-6-5-7-13-10(8)11(16)14-12(3,4)9(2)15/h5-7,9,15H,1-4H3,(H,14,16). The van der Waals surface area contributed by atoms with Crippen molar-refractivity contribution in [1.82, 2.24) is 10.3 Å². The first kappa shape index (κ1) is 12.6. The number of aliphatic hydroxyl groups excluding tert-OH is 1. The molecule has 1 amide bonds. The normalized spacial score (nSPS) is 13.3. The number of carbonyl (C=O) groups is 1. The zero-order valence-corrected chi connectivity index (χ0v) is 10.1. The highest BCUT2D eigenvalue weighted by molar-refractivity contribution is 5.94. The molecule has 4 heteroatoms. The molecule has 88 valence electrons. The van der Waals surface area contributed by atoms with Gasteiger partial charge in [0, 0.05) is 6.20 Å². The van der Waals surface area contributed by atoms with E-state index in [1.807, 2.05) is 13.0 Å². The number of aliphatic hydroxyl groups is 1. The third-order valence-corrected chi connectivity index (χ3v) is 2.70. The van der Waals surface area contributed by atoms with Crippen molar-refractivity contribution < 1.29 is 9.90 Å². The molecule has 2 N–H and O–H groups in total. The highest BCUT2D eigenvalue weighted by atomic mass is 16.3. The summed E-state index contributed by atoms with van der Waals surface area (Å²) >= 11 is 0. The molecule has 4 nitrogen and oxygen atoms in total. The highest BCUT2D eigenvalue weighted by Gasteiger charge is 2.27. The summed E-state index contributed by atoms with van der Waals surface area (Å²) in [5.74, 6) is -0.260. The average Bonchev–Trinajstić information content (AvgIpc) is 2.17. The minimum atomic E-state index is -0.666. The SMILES string of the molecule is Cc1cccnc1C(=O)NC(C)(C)C(C)O. The van der Waals surface area contributed by atoms with Gasteiger partial charge in [-0.25, -0.2) is 0 Å². The minimum Gasteiger partial charge on any atom is -0.391 e. The van der Waals surface area contributed by atoms with E-state index in [1.54, 1.807) is 33.0 Å². The summed E-state index contributed by atoms with van der Waals surface area (Å²) in [5, 5.41) is 12.3. The number of hydrogen-bond donors (Lipinski definition) is 2. The largest absolute Gasteiger partial charge is 0.391 e. The Kier molecular flexibility index (Phi) is 3.65. The Labute approximate surface area is 95.7 Å². The van der Waals surface area contributed by atoms with Gasteiger partial charge in [0.05, 0.1) is 11.6 Å². The number of aromatic nitrogens is 1. The molecule has 0 aliphatic carbocycles. The molecule has 1 atom stereocenters. The van der Waals surface area contributed by atoms with Crippen LogP contribution in [0.2, 0.25) is 0 Å². The number of aryl methyl sites for hydroxylation is 1. The van der Waals surface area contributed by atoms with Gasteiger partial charge in [0.25, 0.3) is 5.91 Å². The summed E-state index contributed by atoms with van der Waals surface area (Å²) < 4.78 is 0. The van der Waals surface area contributed by atoms with Gasteiger partial charge in [-0.3, -0.25) is 9.78 Å². The van der Waals surface area contributed by atoms with E-state index in [2.05, 4.69) is 10.3 Å². The van der Waals surface area contributed by atoms with Crippen molar-refractivity contribution in [2.24, 2.45) is 0 Å². The van der Waals surface area contributed by atoms with E-state index in [0.717, 1.165) is 5.56 Å². The molecule has 0 aliphatic heterocycles. The van der Waals surface area contributed by atoms with Crippen LogP contribution in [-0.2, 0) is 0 Å². The fraction of sp³-hybridized carbons (Fsp3) is 0.500. The number of rotatable bonds is 3. The van der Waals surface area contributed by atoms with Crippen molar-refractivity contribution in [3.8, 4) is 0 Å². The molecule has 0 saturated carbocycles. The number of pyridine rings is 1. The van der Waals surface area contributed by atoms with E-state index in [0.29, 0.717) is 5.69 Å². The molecule has 1 aromatic heterocycles. The highest BCUT2D eigenvalue weighted by Crippen LogP contribution is 2.11. The third kappa shape index (κ3) is 2.79. The van der Waals surface area contributed by atoms with Gasteiger partial charge in [-0.15, -0.1) is 0 Å². The molecule has 0 saturated heterocycles. The molecule has 0 fully saturated rings. The molecule has 0 radical (unpaired) electrons. The van der Waals surface area contributed by atoms with Crippen LogP contribution in [0, 0.1) is 6.92 Å². The molecule has 0 bridgehead atoms. The van der Waals surface area contributed by atoms with Crippen molar-refractivity contribution in [2.45, 2.75) is 39.3 Å². The maximum absolute atomic E-state index is 11.9. The second-order valence-corrected chi connectivity index (χ2v) is 4.52. The molecule has 0 aliphatic rings. The van der Waals surface area contributed by atoms with Gasteiger partial charge < -0.3 is 10.4 Å². The van der Waals surface area contributed by atoms with Gasteiger partial charge in [0.2, 0.25) is 0 Å². The Bertz CT molecular complexity index is 386. The van der Waals surface area contributed by atoms with Crippen LogP contribution in [0.4, 0.5) is 0 Å². The number of amides is 1. The Hall–Kier alpha value is -1.42. The van der Waals surface area contributed by atoms with Gasteiger partial charge in [-0.2, -0.15) is 0 Å². The second kappa shape index (κ2) is 4.61. The first-order valence-electron chi connectivity index (χ1n) is 5.27. The van der Waals surface area contributed by atoms with Gasteiger partial charge in [-0.05, 0) is 39.3 Å². The van der Waals surface area contributed by atoms with E-state index >= 15 is 0 Å². The molecule has 1 heterocycles. The van der Waals surface area contributed by atoms with Crippen LogP contribution in [0.5, 0.6) is 0 Å². The monoisotopic (exact) mass is 222 g/mol. The fourth-order valence-corrected chi connectivity index (χ4v) is 1.18. The van der Waals surface area contributed by atoms with Crippen LogP contribution in [0.25, 0.3) is 0 Å². The van der Waals surface area contributed by atoms with E-state index < -0.39 is 11.6 Å². The third-order valence-electron chi connectivity index (χ3n) is 2.70. The molecule has 1 unspecified atom stereocenters. The lowest BCUT2D eigenvalue weighted by Gasteiger charge is -2.29. The van der Waals surface area contributed by atoms with Crippen LogP contribution in [0.3, 0.4) is 0 Å². The zero-order valence-electron chi connectivity index (χ0n) is 10.1. The van der Waals surface area contributed by atoms with Crippen LogP contribution in [0.15, 0.2) is 18.3 Å². The first-order chi connectivity index (χ1) is 7.34. The molecule has 0 aromatic carbocycles. The molecule has 1 aromatic rings. The number of carbonyl (C=O) groups excluding carboxylic acids is 1. The van der Waals surface area contributed by atoms with Crippen molar-refractivity contribution >= 4 is 5.91 Å². The smallest absolute Gasteiger partial charge is 0.270 e. The number of nitrogens with one attached hydrogen (secondary N) is 1. The topological polar surface area (TPSA) is 62.2 Å². The van der Waals surface area contributed by atoms with Crippen LogP contribution < -0.4 is 5.32 Å². The van der Waals surface area contributed by atoms with Crippen LogP contribution in [0.1, 0.15) is 36.8 Å². The molecular formula is C12H18N2O2. The van der Waals surface area contributed by atoms with Crippen molar-refractivity contribution in [3.63, 3.8) is 0 Å². The lowest BCUT2D eigenvalue weighted by Crippen LogP contribution is -2.51. The van der Waals surface area contributed by atoms with Gasteiger partial charge in [0.1, 0.15) is 5.69 Å². The summed E-state index contributed by atoms with van der Waals surface area (Å²) in [6, 6.07) is 3.61. The van der Waals surface area contributed by atoms with Crippen molar-refractivity contribution in [1.29, 1.82) is 0 Å². The van der Waals surface area contributed by atoms with Crippen LogP contribution >= 0.6 is 0 Å². The summed E-state index contributed by atoms with van der Waals surface area (Å²) in [4.78, 5) is 15.9. The van der Waals surface area contributed by atoms with Gasteiger partial charge >= 0.3 is 0 Å². The summed E-state index contributed by atoms with van der Waals surface area (Å²) in [7, 11) is 0. The summed E-state index contributed by atoms with van der Waals surface area (Å²) in [5.41, 5.74) is 0.554. The Morgan fingerprint density at radius 3 is 2.69 bits per heavy atom. The van der Waals surface area contributed by atoms with E-state index in [9.17, 15) is 9.90 Å². The lowest BCUT2D eigenvalue weighted by molar-refractivity contribution is 0.0705. The Morgan fingerprint density at radius 1 is 1.56 bits per heavy atom. The fourth-order valence-electron chi connectivity index (χ4n) is 1.18. The minimum absolute atomic E-state index is 0.260. The first-order valence-corrected chi connectivity index (χ1v) is 5.27. The predicted molar refractivity (Wildman–Crippen MR) is 62.2 cm³/mol. The maximum atomic E-state index is 11.9. The van der Waals surface area contributed by atoms with Crippen molar-refractivity contribution in [3.05, 3.63) is 29.6 Å². The second-order valence-electron chi connectivity index (χ2n) is 4.52. The predicted octanol–water partition coefficient (Wildman–Crippen LogP) is 1.28. The van der Waals surface area contributed by atoms with Gasteiger partial charge in [0.15, 0.2) is 0 Å². The Balaban J connectivity index is 2.85. The zero-order chi connectivity index (χ0) is 12.3. The van der Waals surface area contributed by atoms with Crippen molar-refractivity contribution in [2.75, 3.05) is 0 Å². The molecular weight excluding hydrogens is 204 g/mol. The molecule has 1 rings (SSSR count). The average molecular weight is 222 g/mol. The quantitative estimate of drug-likeness (QED) is 0.809. The Morgan fingerprint density at radius 2 is 2.19 bits per heavy atom. The van der Waals surface area contributed by atoms with E-state index in [1.165, 1.54) is 0 Å². The molecule has 16 heavy (non-hydrogen) atoms. The lowest BCUT2D eigenvalue weighted by atomic mass is 9.98. The van der Waals surface area contributed by atoms with E-state index in [-0.39, 0.29) is 5.91 Å².